The molecule has 0 aliphatic carbocycles. The van der Waals surface area contributed by atoms with E-state index in [0.29, 0.717) is 62.4 Å². The topological polar surface area (TPSA) is 81.4 Å². The predicted molar refractivity (Wildman–Crippen MR) is 129 cm³/mol. The van der Waals surface area contributed by atoms with Gasteiger partial charge in [-0.25, -0.2) is 14.4 Å². The molecule has 0 atom stereocenters. The van der Waals surface area contributed by atoms with Crippen molar-refractivity contribution < 1.29 is 22.3 Å². The minimum Gasteiger partial charge on any atom is -0.378 e. The Morgan fingerprint density at radius 3 is 2.22 bits per heavy atom. The summed E-state index contributed by atoms with van der Waals surface area (Å²) in [5.74, 6) is 0.185. The molecule has 1 aromatic carbocycles. The van der Waals surface area contributed by atoms with E-state index in [0.717, 1.165) is 6.07 Å². The number of ether oxygens (including phenoxy) is 1. The number of nitriles is 1. The van der Waals surface area contributed by atoms with Crippen molar-refractivity contribution in [3.8, 4) is 17.3 Å². The molecule has 0 saturated carbocycles. The Balaban J connectivity index is 1.50. The third-order valence-corrected chi connectivity index (χ3v) is 6.35. The van der Waals surface area contributed by atoms with E-state index in [9.17, 15) is 22.8 Å². The zero-order valence-corrected chi connectivity index (χ0v) is 19.7. The first-order valence-corrected chi connectivity index (χ1v) is 11.8. The van der Waals surface area contributed by atoms with Crippen LogP contribution in [0.15, 0.2) is 42.6 Å². The van der Waals surface area contributed by atoms with Gasteiger partial charge in [0.05, 0.1) is 24.5 Å². The summed E-state index contributed by atoms with van der Waals surface area (Å²) in [4.78, 5) is 18.7. The van der Waals surface area contributed by atoms with Gasteiger partial charge in [0, 0.05) is 51.0 Å². The molecule has 12 heteroatoms. The molecule has 2 fully saturated rings. The second-order valence-electron chi connectivity index (χ2n) is 8.64. The molecule has 2 saturated heterocycles. The maximum atomic E-state index is 14.1. The van der Waals surface area contributed by atoms with Crippen LogP contribution in [-0.2, 0) is 10.9 Å². The number of halogens is 4. The van der Waals surface area contributed by atoms with E-state index >= 15 is 0 Å². The van der Waals surface area contributed by atoms with Crippen molar-refractivity contribution in [1.29, 1.82) is 5.26 Å². The van der Waals surface area contributed by atoms with Crippen LogP contribution in [0.25, 0.3) is 11.3 Å². The van der Waals surface area contributed by atoms with Gasteiger partial charge in [0.1, 0.15) is 23.3 Å². The number of anilines is 3. The number of piperazine rings is 1. The Kier molecular flexibility index (Phi) is 6.80. The highest BCUT2D eigenvalue weighted by atomic mass is 19.4. The van der Waals surface area contributed by atoms with Crippen LogP contribution >= 0.6 is 0 Å². The largest absolute Gasteiger partial charge is 0.419 e. The average molecular weight is 513 g/mol. The summed E-state index contributed by atoms with van der Waals surface area (Å²) >= 11 is 0. The van der Waals surface area contributed by atoms with Gasteiger partial charge < -0.3 is 19.4 Å². The third-order valence-electron chi connectivity index (χ3n) is 6.35. The van der Waals surface area contributed by atoms with Crippen molar-refractivity contribution in [3.63, 3.8) is 0 Å². The molecule has 0 N–H and O–H groups in total. The van der Waals surface area contributed by atoms with E-state index in [-0.39, 0.29) is 24.5 Å². The van der Waals surface area contributed by atoms with Crippen LogP contribution in [-0.4, -0.2) is 67.4 Å². The van der Waals surface area contributed by atoms with Gasteiger partial charge >= 0.3 is 6.18 Å². The molecule has 0 bridgehead atoms. The van der Waals surface area contributed by atoms with Gasteiger partial charge in [-0.2, -0.15) is 23.4 Å². The lowest BCUT2D eigenvalue weighted by atomic mass is 10.1. The number of morpholine rings is 1. The number of nitrogens with zero attached hydrogens (tertiary/aromatic N) is 7. The molecule has 0 amide bonds. The summed E-state index contributed by atoms with van der Waals surface area (Å²) in [7, 11) is 0. The van der Waals surface area contributed by atoms with Crippen LogP contribution in [0.1, 0.15) is 11.1 Å². The van der Waals surface area contributed by atoms with Crippen molar-refractivity contribution in [3.05, 3.63) is 59.5 Å². The minimum absolute atomic E-state index is 0.118. The Labute approximate surface area is 210 Å². The van der Waals surface area contributed by atoms with Crippen molar-refractivity contribution in [2.45, 2.75) is 6.18 Å². The van der Waals surface area contributed by atoms with Gasteiger partial charge in [0.15, 0.2) is 5.82 Å². The summed E-state index contributed by atoms with van der Waals surface area (Å²) in [5.41, 5.74) is 0.146. The number of aromatic nitrogens is 3. The summed E-state index contributed by atoms with van der Waals surface area (Å²) in [6, 6.07) is 10.3. The molecule has 8 nitrogen and oxygen atoms in total. The van der Waals surface area contributed by atoms with Crippen LogP contribution in [0.2, 0.25) is 0 Å². The molecule has 5 rings (SSSR count). The highest BCUT2D eigenvalue weighted by Crippen LogP contribution is 2.36. The SMILES string of the molecule is N#Cc1c(-c2cccc(F)c2)nc(N2CCOCC2)nc1N1CCN(c2ncccc2C(F)(F)F)CC1. The fourth-order valence-electron chi connectivity index (χ4n) is 4.52. The molecule has 0 spiro atoms. The lowest BCUT2D eigenvalue weighted by molar-refractivity contribution is -0.137. The van der Waals surface area contributed by atoms with E-state index in [1.54, 1.807) is 17.0 Å². The zero-order valence-electron chi connectivity index (χ0n) is 19.7. The lowest BCUT2D eigenvalue weighted by Gasteiger charge is -2.37. The van der Waals surface area contributed by atoms with Gasteiger partial charge in [-0.05, 0) is 24.3 Å². The number of benzene rings is 1. The number of hydrogen-bond donors (Lipinski definition) is 0. The number of pyridine rings is 1. The maximum absolute atomic E-state index is 14.1. The first kappa shape index (κ1) is 24.7. The molecule has 0 unspecified atom stereocenters. The number of rotatable bonds is 4. The molecule has 2 aliphatic rings. The first-order valence-electron chi connectivity index (χ1n) is 11.8. The van der Waals surface area contributed by atoms with Crippen LogP contribution < -0.4 is 14.7 Å². The molecule has 2 aliphatic heterocycles. The molecule has 192 valence electrons. The van der Waals surface area contributed by atoms with Crippen LogP contribution in [0.4, 0.5) is 35.1 Å². The van der Waals surface area contributed by atoms with Gasteiger partial charge in [0.25, 0.3) is 0 Å². The van der Waals surface area contributed by atoms with Crippen molar-refractivity contribution in [2.24, 2.45) is 0 Å². The Morgan fingerprint density at radius 1 is 0.865 bits per heavy atom. The van der Waals surface area contributed by atoms with E-state index in [1.807, 2.05) is 9.80 Å². The second-order valence-corrected chi connectivity index (χ2v) is 8.64. The fraction of sp³-hybridized carbons (Fsp3) is 0.360. The van der Waals surface area contributed by atoms with Gasteiger partial charge in [0.2, 0.25) is 5.95 Å². The Hall–Kier alpha value is -3.98. The molecule has 3 aromatic rings. The van der Waals surface area contributed by atoms with Gasteiger partial charge in [-0.15, -0.1) is 0 Å². The second kappa shape index (κ2) is 10.2. The molecule has 0 radical (unpaired) electrons. The summed E-state index contributed by atoms with van der Waals surface area (Å²) in [5, 5.41) is 10.1. The monoisotopic (exact) mass is 513 g/mol. The lowest BCUT2D eigenvalue weighted by Crippen LogP contribution is -2.48. The zero-order chi connectivity index (χ0) is 26.0. The van der Waals surface area contributed by atoms with Crippen LogP contribution in [0.3, 0.4) is 0 Å². The van der Waals surface area contributed by atoms with Crippen molar-refractivity contribution >= 4 is 17.6 Å². The molecule has 4 heterocycles. The quantitative estimate of drug-likeness (QED) is 0.489. The predicted octanol–water partition coefficient (Wildman–Crippen LogP) is 3.73. The highest BCUT2D eigenvalue weighted by molar-refractivity contribution is 5.75. The van der Waals surface area contributed by atoms with E-state index in [1.165, 1.54) is 24.4 Å². The molecule has 2 aromatic heterocycles. The van der Waals surface area contributed by atoms with E-state index < -0.39 is 17.6 Å². The van der Waals surface area contributed by atoms with Crippen molar-refractivity contribution in [1.82, 2.24) is 15.0 Å². The highest BCUT2D eigenvalue weighted by Gasteiger charge is 2.36. The van der Waals surface area contributed by atoms with Crippen LogP contribution in [0.5, 0.6) is 0 Å². The molecular formula is C25H23F4N7O. The first-order chi connectivity index (χ1) is 17.8. The van der Waals surface area contributed by atoms with Gasteiger partial charge in [-0.1, -0.05) is 12.1 Å². The van der Waals surface area contributed by atoms with Gasteiger partial charge in [-0.3, -0.25) is 0 Å². The minimum atomic E-state index is -4.52. The average Bonchev–Trinajstić information content (AvgIpc) is 2.92. The normalized spacial score (nSPS) is 16.6. The molecule has 37 heavy (non-hydrogen) atoms. The fourth-order valence-corrected chi connectivity index (χ4v) is 4.52. The standard InChI is InChI=1S/C25H23F4N7O/c26-18-4-1-3-17(15-18)21-19(16-30)22(33-24(32-21)36-11-13-37-14-12-36)34-7-9-35(10-8-34)23-20(25(27,28)29)5-2-6-31-23/h1-6,15H,7-14H2. The maximum Gasteiger partial charge on any atom is 0.419 e. The Morgan fingerprint density at radius 2 is 1.57 bits per heavy atom. The van der Waals surface area contributed by atoms with Crippen molar-refractivity contribution in [2.75, 3.05) is 67.2 Å². The summed E-state index contributed by atoms with van der Waals surface area (Å²) in [6.07, 6.45) is -3.18. The smallest absolute Gasteiger partial charge is 0.378 e. The number of alkyl halides is 3. The summed E-state index contributed by atoms with van der Waals surface area (Å²) < 4.78 is 60.1. The Bertz CT molecular complexity index is 1310. The van der Waals surface area contributed by atoms with Crippen LogP contribution in [0, 0.1) is 17.1 Å². The van der Waals surface area contributed by atoms with E-state index in [2.05, 4.69) is 16.0 Å². The third kappa shape index (κ3) is 5.13. The molecular weight excluding hydrogens is 490 g/mol. The summed E-state index contributed by atoms with van der Waals surface area (Å²) in [6.45, 7) is 3.23. The van der Waals surface area contributed by atoms with E-state index in [4.69, 9.17) is 9.72 Å². The number of hydrogen-bond acceptors (Lipinski definition) is 8.